The third-order valence-corrected chi connectivity index (χ3v) is 6.96. The molecule has 1 heterocycles. The molecular formula is C28H45N5O6. The fourth-order valence-corrected chi connectivity index (χ4v) is 4.24. The van der Waals surface area contributed by atoms with Crippen molar-refractivity contribution >= 4 is 23.7 Å². The molecule has 39 heavy (non-hydrogen) atoms. The Balaban J connectivity index is 2.21. The van der Waals surface area contributed by atoms with Crippen LogP contribution in [0, 0.1) is 11.3 Å². The van der Waals surface area contributed by atoms with E-state index >= 15 is 0 Å². The van der Waals surface area contributed by atoms with Crippen molar-refractivity contribution in [1.82, 2.24) is 26.6 Å². The van der Waals surface area contributed by atoms with E-state index in [1.54, 1.807) is 19.1 Å². The first-order valence-corrected chi connectivity index (χ1v) is 13.7. The summed E-state index contributed by atoms with van der Waals surface area (Å²) in [6, 6.07) is 2.73. The van der Waals surface area contributed by atoms with Crippen LogP contribution in [0.1, 0.15) is 59.4 Å². The number of phenols is 1. The van der Waals surface area contributed by atoms with Crippen LogP contribution in [-0.4, -0.2) is 77.7 Å². The molecule has 0 saturated carbocycles. The third-order valence-electron chi connectivity index (χ3n) is 6.96. The molecule has 0 radical (unpaired) electrons. The number of rotatable bonds is 13. The molecule has 218 valence electrons. The molecule has 1 aliphatic rings. The summed E-state index contributed by atoms with van der Waals surface area (Å²) in [7, 11) is 0. The normalized spacial score (nSPS) is 18.7. The Hall–Kier alpha value is -3.18. The minimum Gasteiger partial charge on any atom is -0.508 e. The number of carbonyl (C=O) groups is 4. The molecule has 1 aromatic carbocycles. The van der Waals surface area contributed by atoms with Gasteiger partial charge in [-0.15, -0.1) is 0 Å². The minimum atomic E-state index is -1.13. The molecule has 1 aliphatic heterocycles. The van der Waals surface area contributed by atoms with Gasteiger partial charge in [0.2, 0.25) is 17.7 Å². The lowest BCUT2D eigenvalue weighted by Gasteiger charge is -2.29. The van der Waals surface area contributed by atoms with Crippen LogP contribution in [0.4, 0.5) is 0 Å². The second-order valence-electron chi connectivity index (χ2n) is 11.5. The second kappa shape index (κ2) is 14.8. The number of aliphatic carboxylic acids is 1. The SMILES string of the molecule is CC[C@H](C)[C@H](NC(=O)[C@H](Cc1ccc(O)cc1)NC(=O)[C@H]1CNCCN1)C(=O)N[C@@H](CCC(C)(C)C)C(=O)O. The molecule has 5 atom stereocenters. The quantitative estimate of drug-likeness (QED) is 0.191. The van der Waals surface area contributed by atoms with Crippen LogP contribution < -0.4 is 26.6 Å². The Morgan fingerprint density at radius 2 is 1.67 bits per heavy atom. The number of carboxylic acids is 1. The van der Waals surface area contributed by atoms with Gasteiger partial charge >= 0.3 is 5.97 Å². The van der Waals surface area contributed by atoms with Crippen LogP contribution in [-0.2, 0) is 25.6 Å². The molecule has 1 aromatic rings. The Bertz CT molecular complexity index is 972. The fourth-order valence-electron chi connectivity index (χ4n) is 4.24. The molecule has 0 spiro atoms. The number of phenolic OH excluding ortho intramolecular Hbond substituents is 1. The molecule has 0 bridgehead atoms. The Morgan fingerprint density at radius 1 is 1.00 bits per heavy atom. The largest absolute Gasteiger partial charge is 0.508 e. The zero-order valence-electron chi connectivity index (χ0n) is 23.7. The molecule has 0 unspecified atom stereocenters. The molecule has 1 saturated heterocycles. The molecule has 11 nitrogen and oxygen atoms in total. The summed E-state index contributed by atoms with van der Waals surface area (Å²) < 4.78 is 0. The highest BCUT2D eigenvalue weighted by Crippen LogP contribution is 2.22. The van der Waals surface area contributed by atoms with E-state index in [1.807, 2.05) is 27.7 Å². The summed E-state index contributed by atoms with van der Waals surface area (Å²) in [4.78, 5) is 51.6. The standard InChI is InChI=1S/C28H45N5O6/c1-6-17(2)23(26(37)31-20(27(38)39)11-12-28(3,4)5)33-24(35)21(15-18-7-9-19(34)10-8-18)32-25(36)22-16-29-13-14-30-22/h7-10,17,20-23,29-30,34H,6,11-16H2,1-5H3,(H,31,37)(H,32,36)(H,33,35)(H,38,39)/t17-,20-,21-,22+,23-/m0/s1. The van der Waals surface area contributed by atoms with Crippen molar-refractivity contribution in [2.45, 2.75) is 84.5 Å². The summed E-state index contributed by atoms with van der Waals surface area (Å²) in [5.74, 6) is -2.82. The number of hydrogen-bond donors (Lipinski definition) is 7. The summed E-state index contributed by atoms with van der Waals surface area (Å²) >= 11 is 0. The Morgan fingerprint density at radius 3 is 2.21 bits per heavy atom. The van der Waals surface area contributed by atoms with Gasteiger partial charge < -0.3 is 36.8 Å². The maximum Gasteiger partial charge on any atom is 0.326 e. The summed E-state index contributed by atoms with van der Waals surface area (Å²) in [5, 5.41) is 33.8. The number of carbonyl (C=O) groups excluding carboxylic acids is 3. The van der Waals surface area contributed by atoms with Crippen molar-refractivity contribution in [3.8, 4) is 5.75 Å². The summed E-state index contributed by atoms with van der Waals surface area (Å²) in [5.41, 5.74) is 0.603. The fraction of sp³-hybridized carbons (Fsp3) is 0.643. The lowest BCUT2D eigenvalue weighted by atomic mass is 9.88. The lowest BCUT2D eigenvalue weighted by Crippen LogP contribution is -2.61. The van der Waals surface area contributed by atoms with E-state index in [9.17, 15) is 29.4 Å². The van der Waals surface area contributed by atoms with Crippen molar-refractivity contribution in [2.75, 3.05) is 19.6 Å². The highest BCUT2D eigenvalue weighted by atomic mass is 16.4. The zero-order chi connectivity index (χ0) is 29.2. The van der Waals surface area contributed by atoms with Gasteiger partial charge in [-0.3, -0.25) is 14.4 Å². The molecular weight excluding hydrogens is 502 g/mol. The Kier molecular flexibility index (Phi) is 12.2. The number of hydrogen-bond acceptors (Lipinski definition) is 7. The van der Waals surface area contributed by atoms with E-state index in [2.05, 4.69) is 26.6 Å². The van der Waals surface area contributed by atoms with Gasteiger partial charge in [-0.05, 0) is 41.9 Å². The van der Waals surface area contributed by atoms with E-state index in [0.29, 0.717) is 31.5 Å². The van der Waals surface area contributed by atoms with Crippen LogP contribution in [0.2, 0.25) is 0 Å². The van der Waals surface area contributed by atoms with Crippen molar-refractivity contribution in [3.05, 3.63) is 29.8 Å². The van der Waals surface area contributed by atoms with Crippen molar-refractivity contribution in [3.63, 3.8) is 0 Å². The number of amides is 3. The average Bonchev–Trinajstić information content (AvgIpc) is 2.89. The van der Waals surface area contributed by atoms with Gasteiger partial charge in [0.25, 0.3) is 0 Å². The van der Waals surface area contributed by atoms with Crippen LogP contribution in [0.5, 0.6) is 5.75 Å². The molecule has 7 N–H and O–H groups in total. The van der Waals surface area contributed by atoms with E-state index in [-0.39, 0.29) is 35.8 Å². The van der Waals surface area contributed by atoms with Crippen molar-refractivity contribution < 1.29 is 29.4 Å². The molecule has 0 aliphatic carbocycles. The van der Waals surface area contributed by atoms with Crippen molar-refractivity contribution in [2.24, 2.45) is 11.3 Å². The number of benzene rings is 1. The van der Waals surface area contributed by atoms with E-state index in [0.717, 1.165) is 6.54 Å². The lowest BCUT2D eigenvalue weighted by molar-refractivity contribution is -0.143. The first kappa shape index (κ1) is 32.0. The first-order chi connectivity index (χ1) is 18.3. The van der Waals surface area contributed by atoms with Gasteiger partial charge in [0, 0.05) is 26.1 Å². The average molecular weight is 548 g/mol. The molecule has 1 fully saturated rings. The maximum absolute atomic E-state index is 13.5. The molecule has 2 rings (SSSR count). The van der Waals surface area contributed by atoms with Crippen LogP contribution in [0.25, 0.3) is 0 Å². The van der Waals surface area contributed by atoms with Gasteiger partial charge in [0.1, 0.15) is 23.9 Å². The number of carboxylic acid groups (broad SMARTS) is 1. The highest BCUT2D eigenvalue weighted by Gasteiger charge is 2.33. The van der Waals surface area contributed by atoms with Crippen LogP contribution in [0.3, 0.4) is 0 Å². The van der Waals surface area contributed by atoms with Gasteiger partial charge in [-0.25, -0.2) is 4.79 Å². The summed E-state index contributed by atoms with van der Waals surface area (Å²) in [6.07, 6.45) is 1.55. The molecule has 11 heteroatoms. The van der Waals surface area contributed by atoms with Gasteiger partial charge in [-0.2, -0.15) is 0 Å². The van der Waals surface area contributed by atoms with Gasteiger partial charge in [-0.1, -0.05) is 53.2 Å². The number of aromatic hydroxyl groups is 1. The third kappa shape index (κ3) is 10.8. The van der Waals surface area contributed by atoms with Crippen LogP contribution in [0.15, 0.2) is 24.3 Å². The first-order valence-electron chi connectivity index (χ1n) is 13.7. The summed E-state index contributed by atoms with van der Waals surface area (Å²) in [6.45, 7) is 11.4. The zero-order valence-corrected chi connectivity index (χ0v) is 23.7. The minimum absolute atomic E-state index is 0.0780. The van der Waals surface area contributed by atoms with E-state index in [4.69, 9.17) is 0 Å². The van der Waals surface area contributed by atoms with E-state index in [1.165, 1.54) is 12.1 Å². The van der Waals surface area contributed by atoms with Gasteiger partial charge in [0.15, 0.2) is 0 Å². The maximum atomic E-state index is 13.5. The molecule has 0 aromatic heterocycles. The predicted molar refractivity (Wildman–Crippen MR) is 148 cm³/mol. The predicted octanol–water partition coefficient (Wildman–Crippen LogP) is 0.908. The monoisotopic (exact) mass is 547 g/mol. The Labute approximate surface area is 230 Å². The van der Waals surface area contributed by atoms with Gasteiger partial charge in [0.05, 0.1) is 6.04 Å². The second-order valence-corrected chi connectivity index (χ2v) is 11.5. The van der Waals surface area contributed by atoms with Crippen LogP contribution >= 0.6 is 0 Å². The van der Waals surface area contributed by atoms with Crippen molar-refractivity contribution in [1.29, 1.82) is 0 Å². The highest BCUT2D eigenvalue weighted by molar-refractivity contribution is 5.94. The van der Waals surface area contributed by atoms with E-state index < -0.39 is 42.0 Å². The number of piperazine rings is 1. The smallest absolute Gasteiger partial charge is 0.326 e. The molecule has 3 amide bonds. The topological polar surface area (TPSA) is 169 Å². The number of nitrogens with one attached hydrogen (secondary N) is 5.